The highest BCUT2D eigenvalue weighted by Crippen LogP contribution is 2.39. The second kappa shape index (κ2) is 2.52. The predicted molar refractivity (Wildman–Crippen MR) is 41.7 cm³/mol. The molecule has 1 rings (SSSR count). The molecule has 0 nitrogen and oxygen atoms in total. The van der Waals surface area contributed by atoms with E-state index in [-0.39, 0.29) is 5.41 Å². The van der Waals surface area contributed by atoms with E-state index in [1.165, 1.54) is 6.42 Å². The van der Waals surface area contributed by atoms with Gasteiger partial charge in [-0.1, -0.05) is 20.8 Å². The molecule has 1 heteroatoms. The lowest BCUT2D eigenvalue weighted by Gasteiger charge is -2.35. The maximum Gasteiger partial charge on any atom is 0.101 e. The van der Waals surface area contributed by atoms with Gasteiger partial charge in [-0.2, -0.15) is 0 Å². The highest BCUT2D eigenvalue weighted by molar-refractivity contribution is 4.82. The normalized spacial score (nSPS) is 39.6. The van der Waals surface area contributed by atoms with E-state index < -0.39 is 6.17 Å². The minimum absolute atomic E-state index is 0.247. The summed E-state index contributed by atoms with van der Waals surface area (Å²) in [5, 5.41) is 0. The Morgan fingerprint density at radius 3 is 2.30 bits per heavy atom. The summed E-state index contributed by atoms with van der Waals surface area (Å²) in [7, 11) is 0. The minimum Gasteiger partial charge on any atom is -0.247 e. The van der Waals surface area contributed by atoms with Gasteiger partial charge in [0.15, 0.2) is 0 Å². The van der Waals surface area contributed by atoms with Crippen molar-refractivity contribution < 1.29 is 4.39 Å². The molecule has 0 aromatic rings. The Bertz CT molecular complexity index is 106. The summed E-state index contributed by atoms with van der Waals surface area (Å²) in [6.07, 6.45) is 2.19. The van der Waals surface area contributed by atoms with Crippen molar-refractivity contribution in [2.24, 2.45) is 11.3 Å². The first-order valence-corrected chi connectivity index (χ1v) is 4.14. The van der Waals surface area contributed by atoms with Crippen LogP contribution in [0.15, 0.2) is 0 Å². The van der Waals surface area contributed by atoms with Crippen LogP contribution < -0.4 is 0 Å². The Morgan fingerprint density at radius 1 is 1.30 bits per heavy atom. The molecule has 0 aromatic carbocycles. The van der Waals surface area contributed by atoms with Crippen LogP contribution in [-0.2, 0) is 0 Å². The van der Waals surface area contributed by atoms with Gasteiger partial charge in [-0.15, -0.1) is 0 Å². The third-order valence-corrected chi connectivity index (χ3v) is 2.33. The molecule has 0 radical (unpaired) electrons. The van der Waals surface area contributed by atoms with Gasteiger partial charge in [-0.25, -0.2) is 4.39 Å². The SMILES string of the molecule is CC1CC(F)CC(C)(C)C1. The Hall–Kier alpha value is -0.0700. The first-order chi connectivity index (χ1) is 4.49. The smallest absolute Gasteiger partial charge is 0.101 e. The van der Waals surface area contributed by atoms with Crippen LogP contribution in [0, 0.1) is 11.3 Å². The summed E-state index contributed by atoms with van der Waals surface area (Å²) < 4.78 is 12.9. The summed E-state index contributed by atoms with van der Waals surface area (Å²) >= 11 is 0. The molecular formula is C9H17F. The maximum atomic E-state index is 12.9. The molecule has 0 N–H and O–H groups in total. The van der Waals surface area contributed by atoms with E-state index in [2.05, 4.69) is 20.8 Å². The van der Waals surface area contributed by atoms with Gasteiger partial charge < -0.3 is 0 Å². The van der Waals surface area contributed by atoms with Crippen LogP contribution in [0.3, 0.4) is 0 Å². The van der Waals surface area contributed by atoms with Gasteiger partial charge in [0.2, 0.25) is 0 Å². The molecule has 0 saturated heterocycles. The molecule has 0 amide bonds. The van der Waals surface area contributed by atoms with Gasteiger partial charge in [0.25, 0.3) is 0 Å². The Labute approximate surface area is 62.8 Å². The van der Waals surface area contributed by atoms with Gasteiger partial charge in [0, 0.05) is 0 Å². The fourth-order valence-corrected chi connectivity index (χ4v) is 2.23. The van der Waals surface area contributed by atoms with Crippen LogP contribution >= 0.6 is 0 Å². The van der Waals surface area contributed by atoms with Crippen LogP contribution in [0.25, 0.3) is 0 Å². The largest absolute Gasteiger partial charge is 0.247 e. The first kappa shape index (κ1) is 8.03. The second-order valence-electron chi connectivity index (χ2n) is 4.51. The average molecular weight is 144 g/mol. The van der Waals surface area contributed by atoms with Crippen molar-refractivity contribution in [3.05, 3.63) is 0 Å². The van der Waals surface area contributed by atoms with Crippen LogP contribution in [-0.4, -0.2) is 6.17 Å². The van der Waals surface area contributed by atoms with Crippen molar-refractivity contribution in [1.82, 2.24) is 0 Å². The van der Waals surface area contributed by atoms with Crippen molar-refractivity contribution in [2.45, 2.75) is 46.2 Å². The zero-order chi connectivity index (χ0) is 7.78. The molecule has 10 heavy (non-hydrogen) atoms. The first-order valence-electron chi connectivity index (χ1n) is 4.14. The Balaban J connectivity index is 2.51. The summed E-state index contributed by atoms with van der Waals surface area (Å²) in [5.74, 6) is 0.582. The number of halogens is 1. The fraction of sp³-hybridized carbons (Fsp3) is 1.00. The molecule has 1 fully saturated rings. The lowest BCUT2D eigenvalue weighted by molar-refractivity contribution is 0.101. The monoisotopic (exact) mass is 144 g/mol. The quantitative estimate of drug-likeness (QED) is 0.490. The van der Waals surface area contributed by atoms with E-state index >= 15 is 0 Å². The average Bonchev–Trinajstić information content (AvgIpc) is 1.54. The molecule has 1 aliphatic carbocycles. The summed E-state index contributed by atoms with van der Waals surface area (Å²) in [6, 6.07) is 0. The molecule has 0 heterocycles. The third-order valence-electron chi connectivity index (χ3n) is 2.33. The van der Waals surface area contributed by atoms with Gasteiger partial charge in [0.1, 0.15) is 6.17 Å². The maximum absolute atomic E-state index is 12.9. The molecule has 2 atom stereocenters. The van der Waals surface area contributed by atoms with E-state index in [1.54, 1.807) is 0 Å². The Kier molecular flexibility index (Phi) is 2.02. The van der Waals surface area contributed by atoms with Gasteiger partial charge >= 0.3 is 0 Å². The van der Waals surface area contributed by atoms with Crippen LogP contribution in [0.5, 0.6) is 0 Å². The van der Waals surface area contributed by atoms with Crippen molar-refractivity contribution in [2.75, 3.05) is 0 Å². The highest BCUT2D eigenvalue weighted by Gasteiger charge is 2.31. The van der Waals surface area contributed by atoms with E-state index in [9.17, 15) is 4.39 Å². The number of alkyl halides is 1. The standard InChI is InChI=1S/C9H17F/c1-7-4-8(10)6-9(2,3)5-7/h7-8H,4-6H2,1-3H3. The molecule has 0 aliphatic heterocycles. The Morgan fingerprint density at radius 2 is 1.90 bits per heavy atom. The topological polar surface area (TPSA) is 0 Å². The highest BCUT2D eigenvalue weighted by atomic mass is 19.1. The molecule has 0 aromatic heterocycles. The summed E-state index contributed by atoms with van der Waals surface area (Å²) in [5.41, 5.74) is 0.247. The molecule has 0 spiro atoms. The lowest BCUT2D eigenvalue weighted by atomic mass is 9.72. The molecule has 0 bridgehead atoms. The second-order valence-corrected chi connectivity index (χ2v) is 4.51. The molecule has 2 unspecified atom stereocenters. The van der Waals surface area contributed by atoms with E-state index in [1.807, 2.05) is 0 Å². The van der Waals surface area contributed by atoms with Gasteiger partial charge in [0.05, 0.1) is 0 Å². The van der Waals surface area contributed by atoms with Crippen LogP contribution in [0.1, 0.15) is 40.0 Å². The zero-order valence-electron chi connectivity index (χ0n) is 7.15. The van der Waals surface area contributed by atoms with E-state index in [0.717, 1.165) is 12.8 Å². The van der Waals surface area contributed by atoms with E-state index in [4.69, 9.17) is 0 Å². The predicted octanol–water partition coefficient (Wildman–Crippen LogP) is 3.17. The third kappa shape index (κ3) is 1.96. The van der Waals surface area contributed by atoms with Gasteiger partial charge in [-0.3, -0.25) is 0 Å². The fourth-order valence-electron chi connectivity index (χ4n) is 2.23. The lowest BCUT2D eigenvalue weighted by Crippen LogP contribution is -2.28. The zero-order valence-corrected chi connectivity index (χ0v) is 7.15. The number of rotatable bonds is 0. The van der Waals surface area contributed by atoms with Gasteiger partial charge in [-0.05, 0) is 30.6 Å². The van der Waals surface area contributed by atoms with Crippen LogP contribution in [0.2, 0.25) is 0 Å². The van der Waals surface area contributed by atoms with Crippen molar-refractivity contribution >= 4 is 0 Å². The molecule has 60 valence electrons. The molecule has 1 saturated carbocycles. The van der Waals surface area contributed by atoms with Crippen molar-refractivity contribution in [1.29, 1.82) is 0 Å². The van der Waals surface area contributed by atoms with Crippen LogP contribution in [0.4, 0.5) is 4.39 Å². The number of hydrogen-bond donors (Lipinski definition) is 0. The van der Waals surface area contributed by atoms with Crippen molar-refractivity contribution in [3.63, 3.8) is 0 Å². The summed E-state index contributed by atoms with van der Waals surface area (Å²) in [6.45, 7) is 6.47. The van der Waals surface area contributed by atoms with Crippen molar-refractivity contribution in [3.8, 4) is 0 Å². The molecular weight excluding hydrogens is 127 g/mol. The molecule has 1 aliphatic rings. The summed E-state index contributed by atoms with van der Waals surface area (Å²) in [4.78, 5) is 0. The number of hydrogen-bond acceptors (Lipinski definition) is 0. The van der Waals surface area contributed by atoms with E-state index in [0.29, 0.717) is 5.92 Å². The minimum atomic E-state index is -0.543.